The van der Waals surface area contributed by atoms with E-state index < -0.39 is 0 Å². The van der Waals surface area contributed by atoms with Crippen molar-refractivity contribution in [2.45, 2.75) is 13.0 Å². The highest BCUT2D eigenvalue weighted by atomic mass is 16.2. The fourth-order valence-corrected chi connectivity index (χ4v) is 4.20. The zero-order valence-electron chi connectivity index (χ0n) is 17.8. The van der Waals surface area contributed by atoms with Crippen LogP contribution < -0.4 is 16.2 Å². The summed E-state index contributed by atoms with van der Waals surface area (Å²) in [6.45, 7) is 0.887. The van der Waals surface area contributed by atoms with E-state index in [9.17, 15) is 14.4 Å². The molecule has 3 N–H and O–H groups in total. The summed E-state index contributed by atoms with van der Waals surface area (Å²) < 4.78 is 0. The molecule has 2 heterocycles. The molecule has 4 aromatic rings. The Hall–Kier alpha value is -4.39. The zero-order chi connectivity index (χ0) is 22.8. The van der Waals surface area contributed by atoms with Gasteiger partial charge in [0.15, 0.2) is 0 Å². The Morgan fingerprint density at radius 3 is 2.52 bits per heavy atom. The van der Waals surface area contributed by atoms with Crippen LogP contribution in [0.3, 0.4) is 0 Å². The van der Waals surface area contributed by atoms with Gasteiger partial charge in [-0.15, -0.1) is 0 Å². The van der Waals surface area contributed by atoms with E-state index in [0.717, 1.165) is 22.2 Å². The van der Waals surface area contributed by atoms with Crippen LogP contribution in [0.15, 0.2) is 83.7 Å². The van der Waals surface area contributed by atoms with Crippen molar-refractivity contribution in [2.24, 2.45) is 0 Å². The number of pyridine rings is 1. The van der Waals surface area contributed by atoms with E-state index in [2.05, 4.69) is 15.6 Å². The van der Waals surface area contributed by atoms with Crippen LogP contribution in [0.5, 0.6) is 0 Å². The predicted octanol–water partition coefficient (Wildman–Crippen LogP) is 4.37. The first-order chi connectivity index (χ1) is 16.1. The maximum absolute atomic E-state index is 13.1. The van der Waals surface area contributed by atoms with E-state index in [1.54, 1.807) is 23.1 Å². The van der Waals surface area contributed by atoms with Gasteiger partial charge in [-0.1, -0.05) is 48.5 Å². The second kappa shape index (κ2) is 8.63. The van der Waals surface area contributed by atoms with E-state index in [-0.39, 0.29) is 23.2 Å². The minimum atomic E-state index is -0.318. The SMILES string of the molecule is O=C(Nc1ccccc1)Nc1cccc2c1CCN(C(=O)c1cc3ccccc3c(=O)[nH]1)C2. The van der Waals surface area contributed by atoms with Crippen molar-refractivity contribution in [3.05, 3.63) is 106 Å². The highest BCUT2D eigenvalue weighted by molar-refractivity contribution is 6.00. The molecule has 0 radical (unpaired) electrons. The van der Waals surface area contributed by atoms with Gasteiger partial charge in [0.25, 0.3) is 11.5 Å². The molecule has 7 nitrogen and oxygen atoms in total. The largest absolute Gasteiger partial charge is 0.333 e. The number of hydrogen-bond acceptors (Lipinski definition) is 3. The van der Waals surface area contributed by atoms with Crippen LogP contribution in [0, 0.1) is 0 Å². The van der Waals surface area contributed by atoms with Gasteiger partial charge in [0.1, 0.15) is 5.69 Å². The smallest absolute Gasteiger partial charge is 0.323 e. The molecule has 33 heavy (non-hydrogen) atoms. The molecule has 1 aromatic heterocycles. The lowest BCUT2D eigenvalue weighted by atomic mass is 9.97. The molecule has 0 fully saturated rings. The quantitative estimate of drug-likeness (QED) is 0.443. The lowest BCUT2D eigenvalue weighted by Gasteiger charge is -2.30. The number of anilines is 2. The van der Waals surface area contributed by atoms with Crippen molar-refractivity contribution < 1.29 is 9.59 Å². The van der Waals surface area contributed by atoms with E-state index >= 15 is 0 Å². The number of fused-ring (bicyclic) bond motifs is 2. The molecule has 0 saturated carbocycles. The van der Waals surface area contributed by atoms with Crippen LogP contribution >= 0.6 is 0 Å². The second-order valence-electron chi connectivity index (χ2n) is 7.96. The van der Waals surface area contributed by atoms with Gasteiger partial charge in [-0.2, -0.15) is 0 Å². The average Bonchev–Trinajstić information content (AvgIpc) is 2.84. The molecule has 0 saturated heterocycles. The van der Waals surface area contributed by atoms with Gasteiger partial charge in [-0.25, -0.2) is 4.79 Å². The molecule has 3 aromatic carbocycles. The number of nitrogens with zero attached hydrogens (tertiary/aromatic N) is 1. The summed E-state index contributed by atoms with van der Waals surface area (Å²) in [6.07, 6.45) is 0.598. The Kier molecular flexibility index (Phi) is 5.36. The standard InChI is InChI=1S/C26H22N4O3/c31-24-21-11-5-4-7-17(21)15-23(28-24)25(32)30-14-13-20-18(16-30)8-6-12-22(20)29-26(33)27-19-9-2-1-3-10-19/h1-12,15H,13-14,16H2,(H,28,31)(H2,27,29,33). The van der Waals surface area contributed by atoms with Gasteiger partial charge in [0.2, 0.25) is 0 Å². The Balaban J connectivity index is 1.34. The van der Waals surface area contributed by atoms with E-state index in [0.29, 0.717) is 30.6 Å². The molecular weight excluding hydrogens is 416 g/mol. The molecule has 0 spiro atoms. The molecule has 0 unspecified atom stereocenters. The number of aromatic amines is 1. The topological polar surface area (TPSA) is 94.3 Å². The molecule has 0 aliphatic carbocycles. The summed E-state index contributed by atoms with van der Waals surface area (Å²) >= 11 is 0. The summed E-state index contributed by atoms with van der Waals surface area (Å²) in [6, 6.07) is 23.5. The average molecular weight is 438 g/mol. The first kappa shape index (κ1) is 20.5. The summed E-state index contributed by atoms with van der Waals surface area (Å²) in [5, 5.41) is 7.03. The number of H-pyrrole nitrogens is 1. The Labute approximate surface area is 190 Å². The minimum Gasteiger partial charge on any atom is -0.333 e. The second-order valence-corrected chi connectivity index (χ2v) is 7.96. The number of rotatable bonds is 3. The van der Waals surface area contributed by atoms with Crippen molar-refractivity contribution >= 4 is 34.1 Å². The van der Waals surface area contributed by atoms with Crippen LogP contribution in [0.1, 0.15) is 21.6 Å². The molecular formula is C26H22N4O3. The van der Waals surface area contributed by atoms with Crippen molar-refractivity contribution in [3.63, 3.8) is 0 Å². The van der Waals surface area contributed by atoms with Crippen LogP contribution in [-0.4, -0.2) is 28.4 Å². The molecule has 7 heteroatoms. The van der Waals surface area contributed by atoms with Crippen molar-refractivity contribution in [1.29, 1.82) is 0 Å². The van der Waals surface area contributed by atoms with Crippen molar-refractivity contribution in [1.82, 2.24) is 9.88 Å². The fourth-order valence-electron chi connectivity index (χ4n) is 4.20. The molecule has 0 bridgehead atoms. The number of carbonyl (C=O) groups is 2. The van der Waals surface area contributed by atoms with Crippen molar-refractivity contribution in [2.75, 3.05) is 17.2 Å². The number of nitrogens with one attached hydrogen (secondary N) is 3. The summed E-state index contributed by atoms with van der Waals surface area (Å²) in [7, 11) is 0. The highest BCUT2D eigenvalue weighted by Gasteiger charge is 2.24. The maximum Gasteiger partial charge on any atom is 0.323 e. The van der Waals surface area contributed by atoms with Gasteiger partial charge in [-0.3, -0.25) is 9.59 Å². The summed E-state index contributed by atoms with van der Waals surface area (Å²) in [5.41, 5.74) is 3.42. The fraction of sp³-hybridized carbons (Fsp3) is 0.115. The first-order valence-corrected chi connectivity index (χ1v) is 10.7. The maximum atomic E-state index is 13.1. The van der Waals surface area contributed by atoms with E-state index in [4.69, 9.17) is 0 Å². The van der Waals surface area contributed by atoms with Crippen molar-refractivity contribution in [3.8, 4) is 0 Å². The summed E-state index contributed by atoms with van der Waals surface area (Å²) in [5.74, 6) is -0.219. The molecule has 1 aliphatic heterocycles. The number of aromatic nitrogens is 1. The predicted molar refractivity (Wildman–Crippen MR) is 129 cm³/mol. The third-order valence-corrected chi connectivity index (χ3v) is 5.82. The highest BCUT2D eigenvalue weighted by Crippen LogP contribution is 2.27. The monoisotopic (exact) mass is 438 g/mol. The third kappa shape index (κ3) is 4.21. The Morgan fingerprint density at radius 2 is 1.67 bits per heavy atom. The molecule has 0 atom stereocenters. The molecule has 164 valence electrons. The van der Waals surface area contributed by atoms with E-state index in [1.807, 2.05) is 60.7 Å². The van der Waals surface area contributed by atoms with Gasteiger partial charge in [0, 0.05) is 29.9 Å². The van der Waals surface area contributed by atoms with Crippen LogP contribution in [-0.2, 0) is 13.0 Å². The third-order valence-electron chi connectivity index (χ3n) is 5.82. The van der Waals surface area contributed by atoms with E-state index in [1.165, 1.54) is 0 Å². The lowest BCUT2D eigenvalue weighted by Crippen LogP contribution is -2.37. The number of urea groups is 1. The number of hydrogen-bond donors (Lipinski definition) is 3. The zero-order valence-corrected chi connectivity index (χ0v) is 17.8. The summed E-state index contributed by atoms with van der Waals surface area (Å²) in [4.78, 5) is 42.4. The Bertz CT molecular complexity index is 1410. The van der Waals surface area contributed by atoms with Crippen LogP contribution in [0.2, 0.25) is 0 Å². The lowest BCUT2D eigenvalue weighted by molar-refractivity contribution is 0.0729. The van der Waals surface area contributed by atoms with Gasteiger partial charge in [0.05, 0.1) is 0 Å². The number of carbonyl (C=O) groups excluding carboxylic acids is 2. The van der Waals surface area contributed by atoms with Gasteiger partial charge >= 0.3 is 6.03 Å². The first-order valence-electron chi connectivity index (χ1n) is 10.7. The number of para-hydroxylation sites is 1. The molecule has 5 rings (SSSR count). The molecule has 1 aliphatic rings. The normalized spacial score (nSPS) is 12.8. The van der Waals surface area contributed by atoms with Gasteiger partial charge < -0.3 is 20.5 Å². The Morgan fingerprint density at radius 1 is 0.879 bits per heavy atom. The van der Waals surface area contributed by atoms with Crippen LogP contribution in [0.4, 0.5) is 16.2 Å². The minimum absolute atomic E-state index is 0.219. The van der Waals surface area contributed by atoms with Gasteiger partial charge in [-0.05, 0) is 53.3 Å². The molecule has 3 amide bonds. The van der Waals surface area contributed by atoms with Crippen LogP contribution in [0.25, 0.3) is 10.8 Å². The number of amides is 3. The number of benzene rings is 3.